The molecule has 0 atom stereocenters. The molecule has 0 unspecified atom stereocenters. The van der Waals surface area contributed by atoms with E-state index in [-0.39, 0.29) is 5.91 Å². The van der Waals surface area contributed by atoms with Crippen LogP contribution in [0.2, 0.25) is 5.15 Å². The predicted molar refractivity (Wildman–Crippen MR) is 119 cm³/mol. The number of carbonyl (C=O) groups is 1. The summed E-state index contributed by atoms with van der Waals surface area (Å²) in [5.41, 5.74) is 1.70. The van der Waals surface area contributed by atoms with Gasteiger partial charge in [0.2, 0.25) is 0 Å². The summed E-state index contributed by atoms with van der Waals surface area (Å²) in [4.78, 5) is 23.6. The summed E-state index contributed by atoms with van der Waals surface area (Å²) in [5, 5.41) is 3.98. The smallest absolute Gasteiger partial charge is 0.251 e. The number of rotatable bonds is 7. The Morgan fingerprint density at radius 2 is 1.93 bits per heavy atom. The monoisotopic (exact) mass is 442 g/mol. The Balaban J connectivity index is 1.33. The molecule has 4 rings (SSSR count). The molecule has 0 spiro atoms. The third-order valence-electron chi connectivity index (χ3n) is 4.93. The molecule has 0 bridgehead atoms. The highest BCUT2D eigenvalue weighted by Gasteiger charge is 2.14. The quantitative estimate of drug-likeness (QED) is 0.317. The largest absolute Gasteiger partial charge is 0.467 e. The van der Waals surface area contributed by atoms with Crippen molar-refractivity contribution in [2.24, 2.45) is 0 Å². The van der Waals surface area contributed by atoms with Gasteiger partial charge in [-0.25, -0.2) is 9.97 Å². The summed E-state index contributed by atoms with van der Waals surface area (Å²) in [6.45, 7) is 2.40. The standard InChI is InChI=1S/C22H23ClN4O2S/c23-19-13-20(27-10-2-1-3-11-27)26-22(25-19)30-15-16-6-8-17(9-7-16)21(28)24-14-18-5-4-12-29-18/h4-9,12-13H,1-3,10-11,14-15H2,(H,24,28). The Kier molecular flexibility index (Phi) is 6.92. The van der Waals surface area contributed by atoms with Crippen LogP contribution in [0.15, 0.2) is 58.3 Å². The average Bonchev–Trinajstić information content (AvgIpc) is 3.30. The van der Waals surface area contributed by atoms with Gasteiger partial charge < -0.3 is 14.6 Å². The van der Waals surface area contributed by atoms with E-state index in [0.29, 0.717) is 28.2 Å². The maximum Gasteiger partial charge on any atom is 0.251 e. The molecule has 30 heavy (non-hydrogen) atoms. The Morgan fingerprint density at radius 1 is 1.13 bits per heavy atom. The minimum atomic E-state index is -0.130. The van der Waals surface area contributed by atoms with E-state index < -0.39 is 0 Å². The molecule has 1 amide bonds. The van der Waals surface area contributed by atoms with E-state index in [1.807, 2.05) is 36.4 Å². The van der Waals surface area contributed by atoms with Gasteiger partial charge in [-0.05, 0) is 49.1 Å². The van der Waals surface area contributed by atoms with E-state index in [2.05, 4.69) is 20.2 Å². The first-order chi connectivity index (χ1) is 14.7. The van der Waals surface area contributed by atoms with Gasteiger partial charge in [0.15, 0.2) is 5.16 Å². The lowest BCUT2D eigenvalue weighted by atomic mass is 10.1. The van der Waals surface area contributed by atoms with E-state index in [9.17, 15) is 4.79 Å². The molecule has 8 heteroatoms. The van der Waals surface area contributed by atoms with Crippen molar-refractivity contribution in [3.8, 4) is 0 Å². The molecule has 0 radical (unpaired) electrons. The lowest BCUT2D eigenvalue weighted by Crippen LogP contribution is -2.30. The Morgan fingerprint density at radius 3 is 2.67 bits per heavy atom. The number of furan rings is 1. The molecule has 3 aromatic rings. The van der Waals surface area contributed by atoms with Crippen LogP contribution in [0.1, 0.15) is 40.9 Å². The van der Waals surface area contributed by atoms with Crippen LogP contribution in [0.4, 0.5) is 5.82 Å². The van der Waals surface area contributed by atoms with Crippen molar-refractivity contribution in [1.29, 1.82) is 0 Å². The van der Waals surface area contributed by atoms with Crippen LogP contribution in [0.25, 0.3) is 0 Å². The van der Waals surface area contributed by atoms with Gasteiger partial charge in [0.05, 0.1) is 12.8 Å². The lowest BCUT2D eigenvalue weighted by molar-refractivity contribution is 0.0948. The molecule has 0 aliphatic carbocycles. The van der Waals surface area contributed by atoms with Gasteiger partial charge in [0, 0.05) is 30.5 Å². The highest BCUT2D eigenvalue weighted by molar-refractivity contribution is 7.98. The van der Waals surface area contributed by atoms with Gasteiger partial charge >= 0.3 is 0 Å². The van der Waals surface area contributed by atoms with E-state index in [0.717, 1.165) is 30.2 Å². The topological polar surface area (TPSA) is 71.3 Å². The van der Waals surface area contributed by atoms with Crippen LogP contribution in [0, 0.1) is 0 Å². The summed E-state index contributed by atoms with van der Waals surface area (Å²) in [7, 11) is 0. The molecule has 6 nitrogen and oxygen atoms in total. The fourth-order valence-corrected chi connectivity index (χ4v) is 4.35. The van der Waals surface area contributed by atoms with Crippen molar-refractivity contribution in [1.82, 2.24) is 15.3 Å². The number of piperidine rings is 1. The van der Waals surface area contributed by atoms with Gasteiger partial charge in [0.25, 0.3) is 5.91 Å². The lowest BCUT2D eigenvalue weighted by Gasteiger charge is -2.27. The van der Waals surface area contributed by atoms with Gasteiger partial charge in [-0.1, -0.05) is 35.5 Å². The summed E-state index contributed by atoms with van der Waals surface area (Å²) < 4.78 is 5.23. The van der Waals surface area contributed by atoms with Crippen LogP contribution in [-0.4, -0.2) is 29.0 Å². The summed E-state index contributed by atoms with van der Waals surface area (Å²) in [5.74, 6) is 2.20. The Bertz CT molecular complexity index is 973. The number of halogens is 1. The highest BCUT2D eigenvalue weighted by atomic mass is 35.5. The van der Waals surface area contributed by atoms with E-state index >= 15 is 0 Å². The predicted octanol–water partition coefficient (Wildman–Crippen LogP) is 4.94. The van der Waals surface area contributed by atoms with Gasteiger partial charge in [0.1, 0.15) is 16.7 Å². The number of aromatic nitrogens is 2. The Labute approximate surface area is 185 Å². The summed E-state index contributed by atoms with van der Waals surface area (Å²) in [6, 6.07) is 13.0. The van der Waals surface area contributed by atoms with Crippen molar-refractivity contribution in [3.63, 3.8) is 0 Å². The minimum Gasteiger partial charge on any atom is -0.467 e. The molecule has 1 saturated heterocycles. The molecule has 1 aromatic carbocycles. The van der Waals surface area contributed by atoms with Crippen LogP contribution >= 0.6 is 23.4 Å². The minimum absolute atomic E-state index is 0.130. The third kappa shape index (κ3) is 5.55. The SMILES string of the molecule is O=C(NCc1ccco1)c1ccc(CSc2nc(Cl)cc(N3CCCCC3)n2)cc1. The first-order valence-corrected chi connectivity index (χ1v) is 11.4. The number of nitrogens with one attached hydrogen (secondary N) is 1. The average molecular weight is 443 g/mol. The third-order valence-corrected chi connectivity index (χ3v) is 6.04. The van der Waals surface area contributed by atoms with Crippen molar-refractivity contribution < 1.29 is 9.21 Å². The maximum atomic E-state index is 12.3. The molecule has 0 saturated carbocycles. The fourth-order valence-electron chi connectivity index (χ4n) is 3.32. The number of anilines is 1. The first-order valence-electron chi connectivity index (χ1n) is 9.99. The fraction of sp³-hybridized carbons (Fsp3) is 0.318. The Hall–Kier alpha value is -2.51. The molecule has 1 fully saturated rings. The maximum absolute atomic E-state index is 12.3. The second kappa shape index (κ2) is 10.00. The molecule has 3 heterocycles. The van der Waals surface area contributed by atoms with Crippen LogP contribution < -0.4 is 10.2 Å². The number of carbonyl (C=O) groups excluding carboxylic acids is 1. The number of thioether (sulfide) groups is 1. The van der Waals surface area contributed by atoms with Gasteiger partial charge in [-0.3, -0.25) is 4.79 Å². The van der Waals surface area contributed by atoms with Gasteiger partial charge in [-0.2, -0.15) is 0 Å². The molecule has 1 aliphatic heterocycles. The number of hydrogen-bond donors (Lipinski definition) is 1. The zero-order valence-electron chi connectivity index (χ0n) is 16.5. The normalized spacial score (nSPS) is 14.0. The van der Waals surface area contributed by atoms with Crippen molar-refractivity contribution in [2.75, 3.05) is 18.0 Å². The highest BCUT2D eigenvalue weighted by Crippen LogP contribution is 2.26. The van der Waals surface area contributed by atoms with Crippen molar-refractivity contribution in [2.45, 2.75) is 36.7 Å². The molecule has 1 aliphatic rings. The van der Waals surface area contributed by atoms with Gasteiger partial charge in [-0.15, -0.1) is 0 Å². The van der Waals surface area contributed by atoms with E-state index in [1.54, 1.807) is 24.1 Å². The molecular weight excluding hydrogens is 420 g/mol. The second-order valence-corrected chi connectivity index (χ2v) is 8.46. The number of amides is 1. The molecule has 2 aromatic heterocycles. The summed E-state index contributed by atoms with van der Waals surface area (Å²) >= 11 is 7.77. The zero-order valence-corrected chi connectivity index (χ0v) is 18.1. The number of hydrogen-bond acceptors (Lipinski definition) is 6. The molecular formula is C22H23ClN4O2S. The van der Waals surface area contributed by atoms with Crippen molar-refractivity contribution >= 4 is 35.1 Å². The van der Waals surface area contributed by atoms with E-state index in [4.69, 9.17) is 16.0 Å². The van der Waals surface area contributed by atoms with E-state index in [1.165, 1.54) is 19.3 Å². The first kappa shape index (κ1) is 20.8. The van der Waals surface area contributed by atoms with Crippen LogP contribution in [0.5, 0.6) is 0 Å². The zero-order chi connectivity index (χ0) is 20.8. The molecule has 1 N–H and O–H groups in total. The second-order valence-electron chi connectivity index (χ2n) is 7.13. The molecule has 156 valence electrons. The van der Waals surface area contributed by atoms with Crippen molar-refractivity contribution in [3.05, 3.63) is 70.8 Å². The van der Waals surface area contributed by atoms with Crippen LogP contribution in [0.3, 0.4) is 0 Å². The summed E-state index contributed by atoms with van der Waals surface area (Å²) in [6.07, 6.45) is 5.23. The van der Waals surface area contributed by atoms with Crippen LogP contribution in [-0.2, 0) is 12.3 Å². The number of benzene rings is 1. The number of nitrogens with zero attached hydrogens (tertiary/aromatic N) is 3.